The Balaban J connectivity index is 1.44. The molecule has 0 spiro atoms. The summed E-state index contributed by atoms with van der Waals surface area (Å²) in [5.41, 5.74) is 9.50. The second kappa shape index (κ2) is 11.3. The molecule has 2 amide bonds. The number of carbonyl (C=O) groups is 2. The molecule has 0 aliphatic carbocycles. The minimum atomic E-state index is -0.231. The number of carbonyl (C=O) groups excluding carboxylic acids is 2. The summed E-state index contributed by atoms with van der Waals surface area (Å²) in [6.45, 7) is 3.75. The highest BCUT2D eigenvalue weighted by molar-refractivity contribution is 5.95. The molecular weight excluding hydrogens is 478 g/mol. The summed E-state index contributed by atoms with van der Waals surface area (Å²) in [7, 11) is 0. The van der Waals surface area contributed by atoms with Crippen LogP contribution < -0.4 is 11.1 Å². The number of benzene rings is 2. The number of nitrogens with one attached hydrogen (secondary N) is 2. The van der Waals surface area contributed by atoms with Gasteiger partial charge in [0.15, 0.2) is 0 Å². The van der Waals surface area contributed by atoms with Gasteiger partial charge in [-0.05, 0) is 24.1 Å². The zero-order valence-corrected chi connectivity index (χ0v) is 21.2. The van der Waals surface area contributed by atoms with Crippen molar-refractivity contribution in [3.8, 4) is 0 Å². The van der Waals surface area contributed by atoms with Crippen LogP contribution in [0.3, 0.4) is 0 Å². The number of imidazole rings is 1. The number of aryl methyl sites for hydroxylation is 1. The summed E-state index contributed by atoms with van der Waals surface area (Å²) in [6.07, 6.45) is 4.59. The van der Waals surface area contributed by atoms with Crippen molar-refractivity contribution >= 4 is 17.5 Å². The number of nitrogens with two attached hydrogens (primary N) is 1. The minimum Gasteiger partial charge on any atom is -0.397 e. The molecule has 194 valence electrons. The van der Waals surface area contributed by atoms with E-state index in [-0.39, 0.29) is 23.9 Å². The largest absolute Gasteiger partial charge is 0.397 e. The third kappa shape index (κ3) is 5.57. The van der Waals surface area contributed by atoms with E-state index < -0.39 is 0 Å². The summed E-state index contributed by atoms with van der Waals surface area (Å²) in [6, 6.07) is 22.1. The Morgan fingerprint density at radius 3 is 2.32 bits per heavy atom. The highest BCUT2D eigenvalue weighted by Gasteiger charge is 2.36. The molecule has 4 aromatic rings. The Morgan fingerprint density at radius 2 is 1.71 bits per heavy atom. The summed E-state index contributed by atoms with van der Waals surface area (Å²) in [5, 5.41) is 3.06. The van der Waals surface area contributed by atoms with Crippen molar-refractivity contribution in [2.45, 2.75) is 19.0 Å². The SMILES string of the molecule is Cc1ncc(C(=O)NCC2CN(C(=O)c3cncc(N)c3)CCN2C(c2ccccc2)c2ccccc2)[nH]1. The normalized spacial score (nSPS) is 15.9. The van der Waals surface area contributed by atoms with Crippen molar-refractivity contribution in [2.24, 2.45) is 0 Å². The number of hydrogen-bond donors (Lipinski definition) is 3. The fourth-order valence-corrected chi connectivity index (χ4v) is 5.02. The standard InChI is InChI=1S/C29H31N7O2/c1-20-32-18-26(34-20)28(37)33-17-25-19-35(29(38)23-14-24(30)16-31-15-23)12-13-36(25)27(21-8-4-2-5-9-21)22-10-6-3-7-11-22/h2-11,14-16,18,25,27H,12-13,17,19,30H2,1H3,(H,32,34)(H,33,37). The topological polar surface area (TPSA) is 120 Å². The maximum Gasteiger partial charge on any atom is 0.269 e. The van der Waals surface area contributed by atoms with Gasteiger partial charge in [0, 0.05) is 44.6 Å². The summed E-state index contributed by atoms with van der Waals surface area (Å²) < 4.78 is 0. The number of nitrogen functional groups attached to an aromatic ring is 1. The molecule has 0 bridgehead atoms. The third-order valence-electron chi connectivity index (χ3n) is 6.83. The van der Waals surface area contributed by atoms with Gasteiger partial charge in [0.1, 0.15) is 11.5 Å². The van der Waals surface area contributed by atoms with E-state index in [2.05, 4.69) is 49.4 Å². The van der Waals surface area contributed by atoms with Gasteiger partial charge in [0.05, 0.1) is 23.5 Å². The van der Waals surface area contributed by atoms with E-state index in [4.69, 9.17) is 5.73 Å². The molecule has 9 heteroatoms. The van der Waals surface area contributed by atoms with E-state index in [0.717, 1.165) is 11.1 Å². The first kappa shape index (κ1) is 25.2. The van der Waals surface area contributed by atoms with Gasteiger partial charge < -0.3 is 20.9 Å². The van der Waals surface area contributed by atoms with Gasteiger partial charge in [-0.3, -0.25) is 19.5 Å². The van der Waals surface area contributed by atoms with E-state index in [9.17, 15) is 9.59 Å². The Bertz CT molecular complexity index is 1350. The second-order valence-corrected chi connectivity index (χ2v) is 9.47. The number of aromatic amines is 1. The maximum atomic E-state index is 13.4. The molecular formula is C29H31N7O2. The van der Waals surface area contributed by atoms with Crippen LogP contribution in [-0.4, -0.2) is 68.8 Å². The first-order valence-electron chi connectivity index (χ1n) is 12.6. The number of aromatic nitrogens is 3. The molecule has 1 unspecified atom stereocenters. The summed E-state index contributed by atoms with van der Waals surface area (Å²) >= 11 is 0. The van der Waals surface area contributed by atoms with Crippen LogP contribution in [0, 0.1) is 6.92 Å². The van der Waals surface area contributed by atoms with Crippen LogP contribution in [0.1, 0.15) is 43.8 Å². The first-order valence-corrected chi connectivity index (χ1v) is 12.6. The highest BCUT2D eigenvalue weighted by Crippen LogP contribution is 2.32. The van der Waals surface area contributed by atoms with Crippen LogP contribution >= 0.6 is 0 Å². The Kier molecular flexibility index (Phi) is 7.46. The minimum absolute atomic E-state index is 0.0417. The number of amides is 2. The quantitative estimate of drug-likeness (QED) is 0.352. The van der Waals surface area contributed by atoms with E-state index in [0.29, 0.717) is 48.9 Å². The van der Waals surface area contributed by atoms with Crippen LogP contribution in [0.25, 0.3) is 0 Å². The van der Waals surface area contributed by atoms with Gasteiger partial charge >= 0.3 is 0 Å². The van der Waals surface area contributed by atoms with Crippen molar-refractivity contribution in [1.82, 2.24) is 30.1 Å². The number of nitrogens with zero attached hydrogens (tertiary/aromatic N) is 4. The molecule has 2 aromatic carbocycles. The molecule has 1 fully saturated rings. The summed E-state index contributed by atoms with van der Waals surface area (Å²) in [4.78, 5) is 41.7. The lowest BCUT2D eigenvalue weighted by Gasteiger charge is -2.45. The van der Waals surface area contributed by atoms with Crippen molar-refractivity contribution in [1.29, 1.82) is 0 Å². The van der Waals surface area contributed by atoms with E-state index in [1.807, 2.05) is 41.3 Å². The van der Waals surface area contributed by atoms with Gasteiger partial charge in [0.25, 0.3) is 11.8 Å². The Hall–Kier alpha value is -4.50. The molecule has 3 heterocycles. The van der Waals surface area contributed by atoms with Crippen LogP contribution in [0.4, 0.5) is 5.69 Å². The Labute approximate surface area is 221 Å². The van der Waals surface area contributed by atoms with Crippen molar-refractivity contribution in [3.05, 3.63) is 114 Å². The molecule has 1 atom stereocenters. The van der Waals surface area contributed by atoms with Gasteiger partial charge in [-0.15, -0.1) is 0 Å². The van der Waals surface area contributed by atoms with Crippen molar-refractivity contribution < 1.29 is 9.59 Å². The lowest BCUT2D eigenvalue weighted by molar-refractivity contribution is 0.0382. The Morgan fingerprint density at radius 1 is 1.03 bits per heavy atom. The molecule has 0 radical (unpaired) electrons. The number of anilines is 1. The predicted octanol–water partition coefficient (Wildman–Crippen LogP) is 3.04. The van der Waals surface area contributed by atoms with E-state index in [1.165, 1.54) is 12.4 Å². The van der Waals surface area contributed by atoms with Crippen LogP contribution in [0.2, 0.25) is 0 Å². The van der Waals surface area contributed by atoms with Gasteiger partial charge in [-0.25, -0.2) is 4.98 Å². The average molecular weight is 510 g/mol. The van der Waals surface area contributed by atoms with Crippen LogP contribution in [0.15, 0.2) is 85.3 Å². The highest BCUT2D eigenvalue weighted by atomic mass is 16.2. The average Bonchev–Trinajstić information content (AvgIpc) is 3.39. The lowest BCUT2D eigenvalue weighted by Crippen LogP contribution is -2.59. The number of piperazine rings is 1. The maximum absolute atomic E-state index is 13.4. The lowest BCUT2D eigenvalue weighted by atomic mass is 9.94. The predicted molar refractivity (Wildman–Crippen MR) is 145 cm³/mol. The van der Waals surface area contributed by atoms with Crippen molar-refractivity contribution in [2.75, 3.05) is 31.9 Å². The van der Waals surface area contributed by atoms with Gasteiger partial charge in [0.2, 0.25) is 0 Å². The molecule has 1 aliphatic rings. The number of hydrogen-bond acceptors (Lipinski definition) is 6. The fourth-order valence-electron chi connectivity index (χ4n) is 5.02. The zero-order chi connectivity index (χ0) is 26.5. The summed E-state index contributed by atoms with van der Waals surface area (Å²) in [5.74, 6) is 0.320. The molecule has 1 aliphatic heterocycles. The number of pyridine rings is 1. The second-order valence-electron chi connectivity index (χ2n) is 9.47. The zero-order valence-electron chi connectivity index (χ0n) is 21.2. The molecule has 5 rings (SSSR count). The molecule has 2 aromatic heterocycles. The molecule has 1 saturated heterocycles. The molecule has 4 N–H and O–H groups in total. The molecule has 38 heavy (non-hydrogen) atoms. The first-order chi connectivity index (χ1) is 18.5. The monoisotopic (exact) mass is 509 g/mol. The number of H-pyrrole nitrogens is 1. The van der Waals surface area contributed by atoms with E-state index in [1.54, 1.807) is 19.2 Å². The molecule has 9 nitrogen and oxygen atoms in total. The fraction of sp³-hybridized carbons (Fsp3) is 0.241. The van der Waals surface area contributed by atoms with Crippen LogP contribution in [-0.2, 0) is 0 Å². The van der Waals surface area contributed by atoms with Gasteiger partial charge in [-0.2, -0.15) is 0 Å². The third-order valence-corrected chi connectivity index (χ3v) is 6.83. The van der Waals surface area contributed by atoms with Crippen molar-refractivity contribution in [3.63, 3.8) is 0 Å². The van der Waals surface area contributed by atoms with Gasteiger partial charge in [-0.1, -0.05) is 60.7 Å². The number of rotatable bonds is 7. The van der Waals surface area contributed by atoms with E-state index >= 15 is 0 Å². The molecule has 0 saturated carbocycles. The smallest absolute Gasteiger partial charge is 0.269 e. The van der Waals surface area contributed by atoms with Crippen LogP contribution in [0.5, 0.6) is 0 Å².